The number of aliphatic hydroxyl groups excluding tert-OH is 10. The summed E-state index contributed by atoms with van der Waals surface area (Å²) in [6.45, 7) is -1.58. The topological polar surface area (TPSA) is 291 Å². The Morgan fingerprint density at radius 2 is 0.886 bits per heavy atom. The van der Waals surface area contributed by atoms with E-state index in [1.807, 2.05) is 0 Å². The monoisotopic (exact) mass is 536 g/mol. The van der Waals surface area contributed by atoms with Crippen LogP contribution in [0.5, 0.6) is 0 Å². The van der Waals surface area contributed by atoms with Crippen LogP contribution in [0, 0.1) is 0 Å². The van der Waals surface area contributed by atoms with Crippen molar-refractivity contribution >= 4 is 12.6 Å². The van der Waals surface area contributed by atoms with Crippen LogP contribution in [0.3, 0.4) is 0 Å². The van der Waals surface area contributed by atoms with Crippen molar-refractivity contribution in [1.29, 1.82) is 0 Å². The van der Waals surface area contributed by atoms with Crippen LogP contribution in [0.2, 0.25) is 0 Å². The third-order valence-corrected chi connectivity index (χ3v) is 6.42. The second kappa shape index (κ2) is 13.5. The maximum absolute atomic E-state index is 9.86. The molecule has 0 aromatic carbocycles. The molecule has 0 spiro atoms. The third kappa shape index (κ3) is 6.98. The molecule has 0 amide bonds. The molecule has 17 heteroatoms. The van der Waals surface area contributed by atoms with E-state index in [1.165, 1.54) is 0 Å². The lowest BCUT2D eigenvalue weighted by Crippen LogP contribution is -2.67. The maximum atomic E-state index is 9.86. The molecule has 1 unspecified atom stereocenters. The van der Waals surface area contributed by atoms with Crippen LogP contribution in [0.15, 0.2) is 0 Å². The van der Waals surface area contributed by atoms with Gasteiger partial charge in [0.1, 0.15) is 66.5 Å². The molecule has 3 rings (SSSR count). The summed E-state index contributed by atoms with van der Waals surface area (Å²) in [7, 11) is 0. The van der Waals surface area contributed by atoms with Crippen LogP contribution in [-0.2, 0) is 18.9 Å². The molecule has 0 bridgehead atoms. The zero-order valence-corrected chi connectivity index (χ0v) is 19.4. The third-order valence-electron chi connectivity index (χ3n) is 5.99. The molecular formula is C18H36N2O14S. The molecule has 35 heavy (non-hydrogen) atoms. The SMILES string of the molecule is N[C@H]1[C@H](O[C@@H]2O[C@H](CO)[C@@H](O)[C@H](O)[C@H]2N)O[C@H](CO)[C@@H](O)[C@@H]1O.OC[C@H]1OC(S)[C@H](O)[C@@H](O)[C@H]1O. The number of hydrogen-bond acceptors (Lipinski definition) is 17. The average Bonchev–Trinajstić information content (AvgIpc) is 2.85. The van der Waals surface area contributed by atoms with Crippen molar-refractivity contribution in [3.05, 3.63) is 0 Å². The van der Waals surface area contributed by atoms with Crippen molar-refractivity contribution in [2.24, 2.45) is 11.5 Å². The number of thiol groups is 1. The summed E-state index contributed by atoms with van der Waals surface area (Å²) in [6.07, 6.45) is -15.2. The lowest BCUT2D eigenvalue weighted by Gasteiger charge is -2.45. The van der Waals surface area contributed by atoms with E-state index in [-0.39, 0.29) is 0 Å². The highest BCUT2D eigenvalue weighted by molar-refractivity contribution is 7.80. The van der Waals surface area contributed by atoms with Gasteiger partial charge in [-0.3, -0.25) is 0 Å². The first kappa shape index (κ1) is 30.9. The van der Waals surface area contributed by atoms with Crippen molar-refractivity contribution < 1.29 is 70.0 Å². The number of hydrogen-bond donors (Lipinski definition) is 13. The van der Waals surface area contributed by atoms with Crippen LogP contribution in [0.25, 0.3) is 0 Å². The fourth-order valence-corrected chi connectivity index (χ4v) is 4.00. The summed E-state index contributed by atoms with van der Waals surface area (Å²) in [6, 6.07) is -2.33. The lowest BCUT2D eigenvalue weighted by atomic mass is 9.96. The number of nitrogens with two attached hydrogens (primary N) is 2. The van der Waals surface area contributed by atoms with Gasteiger partial charge in [-0.2, -0.15) is 0 Å². The van der Waals surface area contributed by atoms with Gasteiger partial charge in [-0.1, -0.05) is 0 Å². The minimum Gasteiger partial charge on any atom is -0.394 e. The molecule has 3 aliphatic rings. The van der Waals surface area contributed by atoms with Gasteiger partial charge in [0.25, 0.3) is 0 Å². The Balaban J connectivity index is 0.000000303. The Bertz CT molecular complexity index is 599. The van der Waals surface area contributed by atoms with Gasteiger partial charge in [0.15, 0.2) is 12.6 Å². The highest BCUT2D eigenvalue weighted by atomic mass is 32.1. The van der Waals surface area contributed by atoms with Crippen molar-refractivity contribution in [3.8, 4) is 0 Å². The quantitative estimate of drug-likeness (QED) is 0.145. The minimum atomic E-state index is -1.42. The fourth-order valence-electron chi connectivity index (χ4n) is 3.67. The van der Waals surface area contributed by atoms with E-state index in [0.29, 0.717) is 0 Å². The molecule has 3 fully saturated rings. The van der Waals surface area contributed by atoms with Gasteiger partial charge in [0.2, 0.25) is 0 Å². The van der Waals surface area contributed by atoms with E-state index in [2.05, 4.69) is 12.6 Å². The fraction of sp³-hybridized carbons (Fsp3) is 1.00. The molecule has 14 N–H and O–H groups in total. The molecule has 3 heterocycles. The smallest absolute Gasteiger partial charge is 0.179 e. The van der Waals surface area contributed by atoms with Gasteiger partial charge in [0, 0.05) is 0 Å². The van der Waals surface area contributed by atoms with E-state index < -0.39 is 111 Å². The average molecular weight is 537 g/mol. The highest BCUT2D eigenvalue weighted by Crippen LogP contribution is 2.26. The molecule has 3 aliphatic heterocycles. The van der Waals surface area contributed by atoms with Crippen molar-refractivity contribution in [2.45, 2.75) is 91.1 Å². The van der Waals surface area contributed by atoms with E-state index in [0.717, 1.165) is 0 Å². The zero-order valence-electron chi connectivity index (χ0n) is 18.5. The first-order valence-electron chi connectivity index (χ1n) is 10.8. The Hall–Kier alpha value is -0.290. The van der Waals surface area contributed by atoms with E-state index in [4.69, 9.17) is 50.8 Å². The van der Waals surface area contributed by atoms with Gasteiger partial charge in [-0.25, -0.2) is 0 Å². The summed E-state index contributed by atoms with van der Waals surface area (Å²) >= 11 is 3.81. The van der Waals surface area contributed by atoms with Gasteiger partial charge in [-0.15, -0.1) is 12.6 Å². The second-order valence-corrected chi connectivity index (χ2v) is 8.93. The molecule has 0 aromatic heterocycles. The summed E-state index contributed by atoms with van der Waals surface area (Å²) in [5.74, 6) is 0. The van der Waals surface area contributed by atoms with Crippen LogP contribution in [0.1, 0.15) is 0 Å². The number of ether oxygens (including phenoxy) is 4. The summed E-state index contributed by atoms with van der Waals surface area (Å²) < 4.78 is 20.8. The van der Waals surface area contributed by atoms with Gasteiger partial charge in [-0.05, 0) is 0 Å². The molecule has 0 aromatic rings. The molecular weight excluding hydrogens is 500 g/mol. The van der Waals surface area contributed by atoms with Crippen molar-refractivity contribution in [2.75, 3.05) is 19.8 Å². The Labute approximate surface area is 205 Å². The number of aliphatic hydroxyl groups is 10. The normalized spacial score (nSPS) is 50.8. The van der Waals surface area contributed by atoms with Crippen LogP contribution in [-0.4, -0.2) is 162 Å². The summed E-state index contributed by atoms with van der Waals surface area (Å²) in [5, 5.41) is 93.6. The van der Waals surface area contributed by atoms with Crippen molar-refractivity contribution in [1.82, 2.24) is 0 Å². The largest absolute Gasteiger partial charge is 0.394 e. The van der Waals surface area contributed by atoms with Gasteiger partial charge >= 0.3 is 0 Å². The molecule has 15 atom stereocenters. The van der Waals surface area contributed by atoms with Crippen molar-refractivity contribution in [3.63, 3.8) is 0 Å². The molecule has 3 saturated heterocycles. The molecule has 16 nitrogen and oxygen atoms in total. The van der Waals surface area contributed by atoms with Crippen LogP contribution >= 0.6 is 12.6 Å². The molecule has 0 radical (unpaired) electrons. The first-order chi connectivity index (χ1) is 16.4. The Morgan fingerprint density at radius 1 is 0.543 bits per heavy atom. The molecule has 208 valence electrons. The first-order valence-corrected chi connectivity index (χ1v) is 11.3. The summed E-state index contributed by atoms with van der Waals surface area (Å²) in [4.78, 5) is 0. The highest BCUT2D eigenvalue weighted by Gasteiger charge is 2.48. The summed E-state index contributed by atoms with van der Waals surface area (Å²) in [5.41, 5.74) is 10.6. The van der Waals surface area contributed by atoms with Gasteiger partial charge < -0.3 is 81.5 Å². The standard InChI is InChI=1S/C12H24N2O9.C6H12O5S/c13-5-9(19)7(17)3(1-15)21-11(5)23-12-6(14)10(20)8(18)4(2-16)22-12;7-1-2-3(8)4(9)5(10)6(12)11-2/h3-12,15-20H,1-2,13-14H2;2-10,12H,1H2/t3-,4-,5-,6-,7-,8-,9-,10-,11+,12+;2-,3+,4+,5-,6?/m11/s1. The van der Waals surface area contributed by atoms with Crippen LogP contribution in [0.4, 0.5) is 0 Å². The van der Waals surface area contributed by atoms with E-state index in [1.54, 1.807) is 0 Å². The van der Waals surface area contributed by atoms with Crippen LogP contribution < -0.4 is 11.5 Å². The van der Waals surface area contributed by atoms with E-state index in [9.17, 15) is 30.6 Å². The maximum Gasteiger partial charge on any atom is 0.179 e. The zero-order chi connectivity index (χ0) is 26.6. The number of rotatable bonds is 5. The Kier molecular flexibility index (Phi) is 11.9. The molecule has 0 saturated carbocycles. The lowest BCUT2D eigenvalue weighted by molar-refractivity contribution is -0.342. The van der Waals surface area contributed by atoms with Gasteiger partial charge in [0.05, 0.1) is 31.9 Å². The predicted octanol–water partition coefficient (Wildman–Crippen LogP) is -7.75. The Morgan fingerprint density at radius 3 is 1.26 bits per heavy atom. The van der Waals surface area contributed by atoms with E-state index >= 15 is 0 Å². The predicted molar refractivity (Wildman–Crippen MR) is 115 cm³/mol. The minimum absolute atomic E-state index is 0.415. The molecule has 0 aliphatic carbocycles. The second-order valence-electron chi connectivity index (χ2n) is 8.42.